The fourth-order valence-corrected chi connectivity index (χ4v) is 3.60. The van der Waals surface area contributed by atoms with Crippen LogP contribution in [0.25, 0.3) is 16.9 Å². The number of aromatic nitrogens is 3. The SMILES string of the molecule is Cc1nc2cc(-c3cccc(Cl)c3)nn2c(C(C)C)c1C(OC(C)(C)C)C(=O)O. The lowest BCUT2D eigenvalue weighted by Gasteiger charge is -2.28. The van der Waals surface area contributed by atoms with Gasteiger partial charge in [0.15, 0.2) is 11.8 Å². The average molecular weight is 416 g/mol. The molecule has 2 heterocycles. The zero-order valence-electron chi connectivity index (χ0n) is 17.5. The maximum absolute atomic E-state index is 12.1. The molecule has 2 aromatic heterocycles. The Morgan fingerprint density at radius 3 is 2.48 bits per heavy atom. The van der Waals surface area contributed by atoms with E-state index in [0.29, 0.717) is 21.9 Å². The van der Waals surface area contributed by atoms with Crippen LogP contribution in [-0.2, 0) is 9.53 Å². The molecule has 0 aliphatic carbocycles. The number of carboxylic acids is 1. The van der Waals surface area contributed by atoms with Crippen molar-refractivity contribution in [2.75, 3.05) is 0 Å². The van der Waals surface area contributed by atoms with E-state index < -0.39 is 17.7 Å². The molecule has 0 radical (unpaired) electrons. The van der Waals surface area contributed by atoms with Crippen LogP contribution >= 0.6 is 11.6 Å². The van der Waals surface area contributed by atoms with Crippen LogP contribution in [0.5, 0.6) is 0 Å². The quantitative estimate of drug-likeness (QED) is 0.601. The summed E-state index contributed by atoms with van der Waals surface area (Å²) in [5.74, 6) is -1.04. The van der Waals surface area contributed by atoms with Gasteiger partial charge in [-0.25, -0.2) is 14.3 Å². The molecule has 1 atom stereocenters. The number of carbonyl (C=O) groups is 1. The Balaban J connectivity index is 2.27. The summed E-state index contributed by atoms with van der Waals surface area (Å²) < 4.78 is 7.64. The molecule has 0 aliphatic rings. The Bertz CT molecular complexity index is 1070. The standard InChI is InChI=1S/C22H26ClN3O3/c1-12(2)19-18(20(21(27)28)29-22(4,5)6)13(3)24-17-11-16(25-26(17)19)14-8-7-9-15(23)10-14/h7-12,20H,1-6H3,(H,27,28). The molecule has 154 valence electrons. The third kappa shape index (κ3) is 4.43. The maximum atomic E-state index is 12.1. The summed E-state index contributed by atoms with van der Waals surface area (Å²) in [5, 5.41) is 15.3. The third-order valence-corrected chi connectivity index (χ3v) is 4.73. The molecule has 0 fully saturated rings. The van der Waals surface area contributed by atoms with E-state index in [9.17, 15) is 9.90 Å². The minimum absolute atomic E-state index is 0.00623. The monoisotopic (exact) mass is 415 g/mol. The molecular formula is C22H26ClN3O3. The van der Waals surface area contributed by atoms with Gasteiger partial charge in [-0.1, -0.05) is 37.6 Å². The highest BCUT2D eigenvalue weighted by molar-refractivity contribution is 6.30. The highest BCUT2D eigenvalue weighted by Gasteiger charge is 2.33. The van der Waals surface area contributed by atoms with Gasteiger partial charge in [0, 0.05) is 27.9 Å². The molecule has 0 aliphatic heterocycles. The first-order valence-electron chi connectivity index (χ1n) is 9.54. The van der Waals surface area contributed by atoms with Crippen molar-refractivity contribution in [3.8, 4) is 11.3 Å². The van der Waals surface area contributed by atoms with Crippen molar-refractivity contribution >= 4 is 23.2 Å². The van der Waals surface area contributed by atoms with Crippen LogP contribution < -0.4 is 0 Å². The molecule has 29 heavy (non-hydrogen) atoms. The lowest BCUT2D eigenvalue weighted by atomic mass is 9.97. The van der Waals surface area contributed by atoms with Crippen LogP contribution in [-0.4, -0.2) is 31.3 Å². The highest BCUT2D eigenvalue weighted by atomic mass is 35.5. The van der Waals surface area contributed by atoms with Gasteiger partial charge in [0.05, 0.1) is 17.0 Å². The van der Waals surface area contributed by atoms with Gasteiger partial charge >= 0.3 is 5.97 Å². The Labute approximate surface area is 175 Å². The Hall–Kier alpha value is -2.44. The highest BCUT2D eigenvalue weighted by Crippen LogP contribution is 2.34. The maximum Gasteiger partial charge on any atom is 0.337 e. The molecule has 6 nitrogen and oxygen atoms in total. The summed E-state index contributed by atoms with van der Waals surface area (Å²) in [7, 11) is 0. The first-order chi connectivity index (χ1) is 13.5. The van der Waals surface area contributed by atoms with Crippen LogP contribution in [0.15, 0.2) is 30.3 Å². The van der Waals surface area contributed by atoms with Crippen molar-refractivity contribution in [1.82, 2.24) is 14.6 Å². The number of hydrogen-bond acceptors (Lipinski definition) is 4. The van der Waals surface area contributed by atoms with Gasteiger partial charge in [-0.2, -0.15) is 5.10 Å². The van der Waals surface area contributed by atoms with E-state index >= 15 is 0 Å². The molecule has 1 N–H and O–H groups in total. The number of aryl methyl sites for hydroxylation is 1. The number of carboxylic acid groups (broad SMARTS) is 1. The minimum Gasteiger partial charge on any atom is -0.479 e. The lowest BCUT2D eigenvalue weighted by molar-refractivity contribution is -0.160. The number of aliphatic carboxylic acids is 1. The van der Waals surface area contributed by atoms with Crippen LogP contribution in [0.3, 0.4) is 0 Å². The number of benzene rings is 1. The molecule has 1 unspecified atom stereocenters. The number of halogens is 1. The van der Waals surface area contributed by atoms with Gasteiger partial charge in [-0.05, 0) is 45.7 Å². The summed E-state index contributed by atoms with van der Waals surface area (Å²) in [6.07, 6.45) is -1.14. The number of rotatable bonds is 5. The predicted molar refractivity (Wildman–Crippen MR) is 113 cm³/mol. The Morgan fingerprint density at radius 2 is 1.93 bits per heavy atom. The third-order valence-electron chi connectivity index (χ3n) is 4.49. The molecule has 0 amide bonds. The fourth-order valence-electron chi connectivity index (χ4n) is 3.41. The first-order valence-corrected chi connectivity index (χ1v) is 9.92. The van der Waals surface area contributed by atoms with E-state index in [2.05, 4.69) is 4.98 Å². The van der Waals surface area contributed by atoms with E-state index in [1.165, 1.54) is 0 Å². The second kappa shape index (κ2) is 7.76. The van der Waals surface area contributed by atoms with Crippen molar-refractivity contribution in [2.45, 2.75) is 59.2 Å². The van der Waals surface area contributed by atoms with Gasteiger partial charge in [-0.3, -0.25) is 0 Å². The van der Waals surface area contributed by atoms with E-state index in [1.807, 2.05) is 71.9 Å². The Morgan fingerprint density at radius 1 is 1.24 bits per heavy atom. The van der Waals surface area contributed by atoms with Crippen LogP contribution in [0, 0.1) is 6.92 Å². The summed E-state index contributed by atoms with van der Waals surface area (Å²) in [6, 6.07) is 9.33. The van der Waals surface area contributed by atoms with Crippen LogP contribution in [0.2, 0.25) is 5.02 Å². The molecule has 3 aromatic rings. The predicted octanol–water partition coefficient (Wildman–Crippen LogP) is 5.42. The minimum atomic E-state index is -1.14. The second-order valence-electron chi connectivity index (χ2n) is 8.41. The lowest BCUT2D eigenvalue weighted by Crippen LogP contribution is -2.29. The van der Waals surface area contributed by atoms with Crippen LogP contribution in [0.4, 0.5) is 0 Å². The molecule has 0 bridgehead atoms. The molecule has 0 spiro atoms. The summed E-state index contributed by atoms with van der Waals surface area (Å²) in [5.41, 5.74) is 3.57. The molecule has 1 aromatic carbocycles. The van der Waals surface area contributed by atoms with E-state index in [0.717, 1.165) is 17.0 Å². The molecular weight excluding hydrogens is 390 g/mol. The van der Waals surface area contributed by atoms with Crippen LogP contribution in [0.1, 0.15) is 63.6 Å². The number of ether oxygens (including phenoxy) is 1. The topological polar surface area (TPSA) is 76.7 Å². The van der Waals surface area contributed by atoms with Gasteiger partial charge in [-0.15, -0.1) is 0 Å². The smallest absolute Gasteiger partial charge is 0.337 e. The van der Waals surface area contributed by atoms with Crippen molar-refractivity contribution in [3.05, 3.63) is 52.3 Å². The van der Waals surface area contributed by atoms with Crippen molar-refractivity contribution < 1.29 is 14.6 Å². The number of fused-ring (bicyclic) bond motifs is 1. The van der Waals surface area contributed by atoms with Crippen molar-refractivity contribution in [1.29, 1.82) is 0 Å². The van der Waals surface area contributed by atoms with Gasteiger partial charge < -0.3 is 9.84 Å². The fraction of sp³-hybridized carbons (Fsp3) is 0.409. The molecule has 0 saturated heterocycles. The summed E-state index contributed by atoms with van der Waals surface area (Å²) >= 11 is 6.13. The molecule has 3 rings (SSSR count). The summed E-state index contributed by atoms with van der Waals surface area (Å²) in [6.45, 7) is 11.3. The van der Waals surface area contributed by atoms with Gasteiger partial charge in [0.25, 0.3) is 0 Å². The summed E-state index contributed by atoms with van der Waals surface area (Å²) in [4.78, 5) is 16.8. The van der Waals surface area contributed by atoms with E-state index in [4.69, 9.17) is 21.4 Å². The van der Waals surface area contributed by atoms with Gasteiger partial charge in [0.2, 0.25) is 0 Å². The first kappa shape index (κ1) is 21.3. The zero-order valence-corrected chi connectivity index (χ0v) is 18.3. The Kier molecular flexibility index (Phi) is 5.70. The van der Waals surface area contributed by atoms with E-state index in [1.54, 1.807) is 4.52 Å². The van der Waals surface area contributed by atoms with Crippen molar-refractivity contribution in [3.63, 3.8) is 0 Å². The zero-order chi connectivity index (χ0) is 21.5. The molecule has 7 heteroatoms. The number of nitrogens with zero attached hydrogens (tertiary/aromatic N) is 3. The van der Waals surface area contributed by atoms with Crippen molar-refractivity contribution in [2.24, 2.45) is 0 Å². The normalized spacial score (nSPS) is 13.2. The number of hydrogen-bond donors (Lipinski definition) is 1. The van der Waals surface area contributed by atoms with E-state index in [-0.39, 0.29) is 5.92 Å². The second-order valence-corrected chi connectivity index (χ2v) is 8.85. The largest absolute Gasteiger partial charge is 0.479 e. The average Bonchev–Trinajstić information content (AvgIpc) is 3.01. The van der Waals surface area contributed by atoms with Gasteiger partial charge in [0.1, 0.15) is 0 Å². The molecule has 0 saturated carbocycles.